The van der Waals surface area contributed by atoms with Gasteiger partial charge in [0.25, 0.3) is 0 Å². The highest BCUT2D eigenvalue weighted by Crippen LogP contribution is 2.36. The first kappa shape index (κ1) is 20.1. The Morgan fingerprint density at radius 2 is 1.88 bits per heavy atom. The topological polar surface area (TPSA) is 75.4 Å². The van der Waals surface area contributed by atoms with E-state index in [1.807, 2.05) is 75.7 Å². The number of benzene rings is 3. The highest BCUT2D eigenvalue weighted by molar-refractivity contribution is 6.24. The van der Waals surface area contributed by atoms with Gasteiger partial charge in [0.05, 0.1) is 16.9 Å². The third-order valence-corrected chi connectivity index (χ3v) is 5.66. The molecule has 32 heavy (non-hydrogen) atoms. The van der Waals surface area contributed by atoms with Crippen molar-refractivity contribution in [1.82, 2.24) is 19.9 Å². The maximum Gasteiger partial charge on any atom is 0.238 e. The molecule has 1 N–H and O–H groups in total. The minimum absolute atomic E-state index is 0.0755. The third-order valence-electron chi connectivity index (χ3n) is 5.66. The van der Waals surface area contributed by atoms with Crippen molar-refractivity contribution in [2.75, 3.05) is 19.4 Å². The number of rotatable bonds is 5. The normalized spacial score (nSPS) is 15.9. The lowest BCUT2D eigenvalue weighted by molar-refractivity contribution is -0.115. The van der Waals surface area contributed by atoms with Gasteiger partial charge in [-0.15, -0.1) is 5.10 Å². The molecule has 1 aromatic heterocycles. The Labute approximate surface area is 186 Å². The lowest BCUT2D eigenvalue weighted by Gasteiger charge is -2.14. The highest BCUT2D eigenvalue weighted by atomic mass is 16.2. The number of fused-ring (bicyclic) bond motifs is 2. The Balaban J connectivity index is 1.63. The molecule has 0 aliphatic carbocycles. The lowest BCUT2D eigenvalue weighted by Crippen LogP contribution is -2.22. The Morgan fingerprint density at radius 1 is 1.09 bits per heavy atom. The van der Waals surface area contributed by atoms with Gasteiger partial charge in [-0.2, -0.15) is 0 Å². The lowest BCUT2D eigenvalue weighted by atomic mass is 9.90. The molecule has 1 aliphatic heterocycles. The molecular formula is C25H24N6O. The summed E-state index contributed by atoms with van der Waals surface area (Å²) in [5.74, 6) is -0.574. The number of para-hydroxylation sites is 1. The predicted octanol–water partition coefficient (Wildman–Crippen LogP) is 3.89. The zero-order chi connectivity index (χ0) is 22.2. The first-order valence-corrected chi connectivity index (χ1v) is 10.5. The molecule has 0 fully saturated rings. The minimum atomic E-state index is -0.498. The van der Waals surface area contributed by atoms with Crippen LogP contribution in [0.25, 0.3) is 11.0 Å². The number of hydrogen-bond acceptors (Lipinski definition) is 5. The maximum absolute atomic E-state index is 13.0. The minimum Gasteiger partial charge on any atom is -0.325 e. The molecule has 0 spiro atoms. The van der Waals surface area contributed by atoms with E-state index in [1.54, 1.807) is 4.68 Å². The summed E-state index contributed by atoms with van der Waals surface area (Å²) in [6, 6.07) is 21.8. The Morgan fingerprint density at radius 3 is 2.66 bits per heavy atom. The average Bonchev–Trinajstić information content (AvgIpc) is 3.31. The molecule has 160 valence electrons. The maximum atomic E-state index is 13.0. The second-order valence-corrected chi connectivity index (χ2v) is 8.33. The van der Waals surface area contributed by atoms with Crippen LogP contribution in [0.3, 0.4) is 0 Å². The van der Waals surface area contributed by atoms with E-state index in [0.29, 0.717) is 5.71 Å². The van der Waals surface area contributed by atoms with Crippen LogP contribution in [0, 0.1) is 0 Å². The monoisotopic (exact) mass is 424 g/mol. The molecule has 0 saturated heterocycles. The van der Waals surface area contributed by atoms with Crippen molar-refractivity contribution in [2.45, 2.75) is 12.5 Å². The van der Waals surface area contributed by atoms with Crippen LogP contribution in [0.1, 0.15) is 22.6 Å². The van der Waals surface area contributed by atoms with Gasteiger partial charge in [-0.3, -0.25) is 9.79 Å². The summed E-state index contributed by atoms with van der Waals surface area (Å²) in [6.45, 7) is 0.860. The summed E-state index contributed by atoms with van der Waals surface area (Å²) >= 11 is 0. The molecule has 0 bridgehead atoms. The first-order chi connectivity index (χ1) is 15.5. The van der Waals surface area contributed by atoms with Gasteiger partial charge in [-0.25, -0.2) is 4.68 Å². The number of aromatic nitrogens is 3. The van der Waals surface area contributed by atoms with E-state index >= 15 is 0 Å². The van der Waals surface area contributed by atoms with Crippen molar-refractivity contribution in [3.8, 4) is 0 Å². The summed E-state index contributed by atoms with van der Waals surface area (Å²) in [4.78, 5) is 20.2. The Kier molecular flexibility index (Phi) is 5.03. The smallest absolute Gasteiger partial charge is 0.238 e. The number of nitrogens with zero attached hydrogens (tertiary/aromatic N) is 5. The zero-order valence-corrected chi connectivity index (χ0v) is 18.3. The van der Waals surface area contributed by atoms with E-state index in [-0.39, 0.29) is 5.91 Å². The molecule has 2 heterocycles. The van der Waals surface area contributed by atoms with Crippen molar-refractivity contribution >= 4 is 34.0 Å². The van der Waals surface area contributed by atoms with Crippen LogP contribution in [0.4, 0.5) is 11.4 Å². The van der Waals surface area contributed by atoms with Crippen LogP contribution in [0.2, 0.25) is 0 Å². The van der Waals surface area contributed by atoms with Crippen molar-refractivity contribution < 1.29 is 4.79 Å². The molecule has 1 aliphatic rings. The fraction of sp³-hybridized carbons (Fsp3) is 0.200. The Hall–Kier alpha value is -3.84. The molecular weight excluding hydrogens is 400 g/mol. The third kappa shape index (κ3) is 3.67. The molecule has 5 rings (SSSR count). The zero-order valence-electron chi connectivity index (χ0n) is 18.3. The Bertz CT molecular complexity index is 1340. The number of aryl methyl sites for hydroxylation is 1. The number of amides is 1. The van der Waals surface area contributed by atoms with Crippen molar-refractivity contribution in [3.05, 3.63) is 83.4 Å². The van der Waals surface area contributed by atoms with E-state index in [0.717, 1.165) is 40.1 Å². The predicted molar refractivity (Wildman–Crippen MR) is 126 cm³/mol. The summed E-state index contributed by atoms with van der Waals surface area (Å²) in [5.41, 5.74) is 7.02. The average molecular weight is 425 g/mol. The summed E-state index contributed by atoms with van der Waals surface area (Å²) in [6.07, 6.45) is 0. The van der Waals surface area contributed by atoms with Crippen LogP contribution in [-0.2, 0) is 18.4 Å². The number of nitrogens with one attached hydrogen (secondary N) is 1. The molecule has 0 saturated carbocycles. The van der Waals surface area contributed by atoms with Crippen LogP contribution in [0.15, 0.2) is 71.7 Å². The van der Waals surface area contributed by atoms with Gasteiger partial charge < -0.3 is 10.2 Å². The summed E-state index contributed by atoms with van der Waals surface area (Å²) < 4.78 is 1.73. The van der Waals surface area contributed by atoms with E-state index < -0.39 is 5.92 Å². The molecule has 7 heteroatoms. The highest BCUT2D eigenvalue weighted by Gasteiger charge is 2.35. The summed E-state index contributed by atoms with van der Waals surface area (Å²) in [5, 5.41) is 11.4. The fourth-order valence-electron chi connectivity index (χ4n) is 4.16. The van der Waals surface area contributed by atoms with Gasteiger partial charge in [0.2, 0.25) is 5.91 Å². The van der Waals surface area contributed by atoms with E-state index in [9.17, 15) is 4.79 Å². The second-order valence-electron chi connectivity index (χ2n) is 8.33. The first-order valence-electron chi connectivity index (χ1n) is 10.5. The number of aliphatic imine (C=N–C) groups is 1. The van der Waals surface area contributed by atoms with Gasteiger partial charge >= 0.3 is 0 Å². The molecule has 3 aromatic carbocycles. The second kappa shape index (κ2) is 8.01. The van der Waals surface area contributed by atoms with Gasteiger partial charge in [-0.1, -0.05) is 41.6 Å². The number of carbonyl (C=O) groups excluding carboxylic acids is 1. The molecule has 1 atom stereocenters. The van der Waals surface area contributed by atoms with Crippen molar-refractivity contribution in [1.29, 1.82) is 0 Å². The van der Waals surface area contributed by atoms with Crippen LogP contribution >= 0.6 is 0 Å². The van der Waals surface area contributed by atoms with Crippen LogP contribution < -0.4 is 5.32 Å². The van der Waals surface area contributed by atoms with Crippen LogP contribution in [0.5, 0.6) is 0 Å². The number of anilines is 1. The van der Waals surface area contributed by atoms with Crippen molar-refractivity contribution in [2.24, 2.45) is 12.0 Å². The van der Waals surface area contributed by atoms with E-state index in [2.05, 4.69) is 32.7 Å². The SMILES string of the molecule is CN(C)Cc1ccc(N=C(c2ccc3c(c2)nnn3C)C2C(=O)Nc3ccccc32)cc1. The molecule has 1 amide bonds. The molecule has 1 unspecified atom stereocenters. The van der Waals surface area contributed by atoms with E-state index in [4.69, 9.17) is 4.99 Å². The quantitative estimate of drug-likeness (QED) is 0.493. The molecule has 7 nitrogen and oxygen atoms in total. The summed E-state index contributed by atoms with van der Waals surface area (Å²) in [7, 11) is 5.95. The van der Waals surface area contributed by atoms with Gasteiger partial charge in [0.15, 0.2) is 0 Å². The number of hydrogen-bond donors (Lipinski definition) is 1. The van der Waals surface area contributed by atoms with Crippen LogP contribution in [-0.4, -0.2) is 45.6 Å². The fourth-order valence-corrected chi connectivity index (χ4v) is 4.16. The number of carbonyl (C=O) groups is 1. The van der Waals surface area contributed by atoms with Gasteiger partial charge in [0.1, 0.15) is 11.4 Å². The van der Waals surface area contributed by atoms with E-state index in [1.165, 1.54) is 5.56 Å². The van der Waals surface area contributed by atoms with Gasteiger partial charge in [0, 0.05) is 19.3 Å². The molecule has 0 radical (unpaired) electrons. The van der Waals surface area contributed by atoms with Gasteiger partial charge in [-0.05, 0) is 61.1 Å². The largest absolute Gasteiger partial charge is 0.325 e. The molecule has 4 aromatic rings. The van der Waals surface area contributed by atoms with Crippen molar-refractivity contribution in [3.63, 3.8) is 0 Å². The standard InChI is InChI=1S/C25H24N6O/c1-30(2)15-16-8-11-18(12-9-16)26-24(17-10-13-22-21(14-17)28-29-31(22)3)23-19-6-4-5-7-20(19)27-25(23)32/h4-14,23H,15H2,1-3H3,(H,27,32).